The summed E-state index contributed by atoms with van der Waals surface area (Å²) in [5.74, 6) is -0.165. The first-order chi connectivity index (χ1) is 21.1. The molecular formula is C32H37N6O5P. The van der Waals surface area contributed by atoms with Gasteiger partial charge in [-0.2, -0.15) is 5.26 Å². The summed E-state index contributed by atoms with van der Waals surface area (Å²) in [4.78, 5) is 25.4. The van der Waals surface area contributed by atoms with E-state index in [0.717, 1.165) is 27.6 Å². The molecule has 4 rings (SSSR count). The number of phosphoric acid groups is 1. The maximum atomic E-state index is 13.2. The Morgan fingerprint density at radius 2 is 1.80 bits per heavy atom. The van der Waals surface area contributed by atoms with Gasteiger partial charge in [-0.05, 0) is 64.7 Å². The van der Waals surface area contributed by atoms with E-state index < -0.39 is 14.1 Å². The number of carbonyl (C=O) groups excluding carboxylic acids is 1. The quantitative estimate of drug-likeness (QED) is 0.123. The van der Waals surface area contributed by atoms with Crippen LogP contribution >= 0.6 is 7.82 Å². The molecule has 0 spiro atoms. The van der Waals surface area contributed by atoms with Crippen molar-refractivity contribution in [3.05, 3.63) is 78.9 Å². The third-order valence-corrected chi connectivity index (χ3v) is 8.44. The normalized spacial score (nSPS) is 12.6. The van der Waals surface area contributed by atoms with Gasteiger partial charge in [0.2, 0.25) is 5.91 Å². The number of hydrogen-bond donors (Lipinski definition) is 0. The van der Waals surface area contributed by atoms with Gasteiger partial charge in [0.15, 0.2) is 0 Å². The molecule has 0 saturated carbocycles. The van der Waals surface area contributed by atoms with Crippen molar-refractivity contribution in [2.24, 2.45) is 0 Å². The Kier molecular flexibility index (Phi) is 10.8. The molecular weight excluding hydrogens is 579 g/mol. The number of fused-ring (bicyclic) bond motifs is 1. The van der Waals surface area contributed by atoms with Crippen molar-refractivity contribution in [3.8, 4) is 28.3 Å². The number of carbonyl (C=O) groups is 1. The topological polar surface area (TPSA) is 123 Å². The number of phosphoric ester groups is 1. The maximum Gasteiger partial charge on any atom is 0.476 e. The second kappa shape index (κ2) is 14.5. The van der Waals surface area contributed by atoms with Crippen molar-refractivity contribution in [2.45, 2.75) is 27.0 Å². The second-order valence-corrected chi connectivity index (χ2v) is 11.8. The van der Waals surface area contributed by atoms with Gasteiger partial charge in [0, 0.05) is 60.3 Å². The number of aromatic nitrogens is 3. The van der Waals surface area contributed by atoms with Crippen molar-refractivity contribution >= 4 is 30.5 Å². The molecule has 12 heteroatoms. The van der Waals surface area contributed by atoms with Crippen LogP contribution in [0.1, 0.15) is 32.6 Å². The van der Waals surface area contributed by atoms with Gasteiger partial charge >= 0.3 is 7.82 Å². The van der Waals surface area contributed by atoms with Crippen molar-refractivity contribution in [1.29, 1.82) is 5.26 Å². The summed E-state index contributed by atoms with van der Waals surface area (Å²) in [6.07, 6.45) is 9.51. The van der Waals surface area contributed by atoms with Gasteiger partial charge < -0.3 is 14.4 Å². The minimum absolute atomic E-state index is 0.157. The number of anilines is 1. The Hall–Kier alpha value is -4.17. The first-order valence-corrected chi connectivity index (χ1v) is 15.7. The number of hydrogen-bond acceptors (Lipinski definition) is 9. The Labute approximate surface area is 257 Å². The number of benzene rings is 1. The lowest BCUT2D eigenvalue weighted by molar-refractivity contribution is -0.113. The van der Waals surface area contributed by atoms with E-state index in [0.29, 0.717) is 23.4 Å². The largest absolute Gasteiger partial charge is 0.476 e. The Bertz CT molecular complexity index is 1730. The highest BCUT2D eigenvalue weighted by atomic mass is 31.2. The predicted molar refractivity (Wildman–Crippen MR) is 171 cm³/mol. The minimum atomic E-state index is -3.83. The molecule has 0 aliphatic rings. The monoisotopic (exact) mass is 616 g/mol. The van der Waals surface area contributed by atoms with Crippen LogP contribution < -0.4 is 4.90 Å². The Morgan fingerprint density at radius 1 is 1.07 bits per heavy atom. The minimum Gasteiger partial charge on any atom is -0.310 e. The third-order valence-electron chi connectivity index (χ3n) is 6.73. The van der Waals surface area contributed by atoms with Gasteiger partial charge in [0.1, 0.15) is 11.9 Å². The van der Waals surface area contributed by atoms with Gasteiger partial charge in [0.25, 0.3) is 0 Å². The highest BCUT2D eigenvalue weighted by Gasteiger charge is 2.30. The fourth-order valence-electron chi connectivity index (χ4n) is 4.58. The van der Waals surface area contributed by atoms with E-state index in [2.05, 4.69) is 11.1 Å². The van der Waals surface area contributed by atoms with E-state index >= 15 is 0 Å². The molecule has 1 atom stereocenters. The molecule has 1 aromatic carbocycles. The molecule has 0 radical (unpaired) electrons. The lowest BCUT2D eigenvalue weighted by Gasteiger charge is -2.22. The fourth-order valence-corrected chi connectivity index (χ4v) is 5.88. The van der Waals surface area contributed by atoms with Gasteiger partial charge in [-0.25, -0.2) is 9.55 Å². The van der Waals surface area contributed by atoms with Crippen LogP contribution in [0.2, 0.25) is 0 Å². The number of rotatable bonds is 13. The summed E-state index contributed by atoms with van der Waals surface area (Å²) in [6.45, 7) is 6.14. The van der Waals surface area contributed by atoms with Gasteiger partial charge in [0.05, 0.1) is 36.7 Å². The summed E-state index contributed by atoms with van der Waals surface area (Å²) in [7, 11) is 1.75. The van der Waals surface area contributed by atoms with E-state index in [-0.39, 0.29) is 19.1 Å². The van der Waals surface area contributed by atoms with Crippen LogP contribution in [0.15, 0.2) is 73.3 Å². The summed E-state index contributed by atoms with van der Waals surface area (Å²) in [6, 6.07) is 13.3. The van der Waals surface area contributed by atoms with Crippen LogP contribution in [0, 0.1) is 11.3 Å². The first kappa shape index (κ1) is 32.7. The Morgan fingerprint density at radius 3 is 2.48 bits per heavy atom. The van der Waals surface area contributed by atoms with E-state index in [1.54, 1.807) is 69.2 Å². The van der Waals surface area contributed by atoms with Crippen LogP contribution in [-0.4, -0.2) is 66.2 Å². The average Bonchev–Trinajstić information content (AvgIpc) is 3.40. The molecule has 0 bridgehead atoms. The molecule has 0 N–H and O–H groups in total. The van der Waals surface area contributed by atoms with Crippen LogP contribution in [0.5, 0.6) is 0 Å². The zero-order valence-corrected chi connectivity index (χ0v) is 26.7. The fraction of sp³-hybridized carbons (Fsp3) is 0.312. The second-order valence-electron chi connectivity index (χ2n) is 10.2. The highest BCUT2D eigenvalue weighted by Crippen LogP contribution is 2.52. The van der Waals surface area contributed by atoms with Crippen molar-refractivity contribution < 1.29 is 22.9 Å². The number of likely N-dealkylation sites (N-methyl/N-ethyl adjacent to an activating group) is 2. The van der Waals surface area contributed by atoms with E-state index in [4.69, 9.17) is 18.6 Å². The lowest BCUT2D eigenvalue weighted by Crippen LogP contribution is -2.24. The smallest absolute Gasteiger partial charge is 0.310 e. The van der Waals surface area contributed by atoms with Crippen LogP contribution in [0.3, 0.4) is 0 Å². The molecule has 0 fully saturated rings. The molecule has 3 aromatic heterocycles. The summed E-state index contributed by atoms with van der Waals surface area (Å²) in [5, 5.41) is 10.3. The summed E-state index contributed by atoms with van der Waals surface area (Å²) >= 11 is 0. The Balaban J connectivity index is 1.78. The van der Waals surface area contributed by atoms with Gasteiger partial charge in [-0.1, -0.05) is 18.2 Å². The number of nitriles is 1. The third kappa shape index (κ3) is 7.66. The van der Waals surface area contributed by atoms with Crippen LogP contribution in [0.25, 0.3) is 33.3 Å². The first-order valence-electron chi connectivity index (χ1n) is 14.2. The molecule has 11 nitrogen and oxygen atoms in total. The number of amides is 1. The molecule has 0 aliphatic heterocycles. The van der Waals surface area contributed by atoms with Crippen LogP contribution in [0.4, 0.5) is 5.69 Å². The lowest BCUT2D eigenvalue weighted by atomic mass is 10.0. The van der Waals surface area contributed by atoms with Crippen molar-refractivity contribution in [2.75, 3.05) is 45.8 Å². The summed E-state index contributed by atoms with van der Waals surface area (Å²) < 4.78 is 31.5. The number of nitrogens with zero attached hydrogens (tertiary/aromatic N) is 6. The summed E-state index contributed by atoms with van der Waals surface area (Å²) in [5.41, 5.74) is 4.85. The molecule has 44 heavy (non-hydrogen) atoms. The number of pyridine rings is 2. The molecule has 0 aliphatic carbocycles. The van der Waals surface area contributed by atoms with Crippen molar-refractivity contribution in [3.63, 3.8) is 0 Å². The predicted octanol–water partition coefficient (Wildman–Crippen LogP) is 6.43. The maximum absolute atomic E-state index is 13.2. The molecule has 230 valence electrons. The molecule has 1 unspecified atom stereocenters. The standard InChI is InChI=1S/C32H37N6O5P/c1-7-41-44(40,42-8-2)43-23(3)38-22-30(25-12-9-11-24(15-25)18-33)29-17-27(20-35-32(29)38)26-16-28(21-34-19-26)37(6)31(39)13-10-14-36(4)5/h9-13,15-17,19-23H,7-8,14H2,1-6H3. The zero-order valence-electron chi connectivity index (χ0n) is 25.8. The van der Waals surface area contributed by atoms with E-state index in [1.807, 2.05) is 55.5 Å². The molecule has 0 saturated heterocycles. The SMILES string of the molecule is CCOP(=O)(OCC)OC(C)n1cc(-c2cccc(C#N)c2)c2cc(-c3cncc(N(C)C(=O)C=CCN(C)C)c3)cnc21. The zero-order chi connectivity index (χ0) is 31.9. The average molecular weight is 617 g/mol. The van der Waals surface area contributed by atoms with Gasteiger partial charge in [-0.15, -0.1) is 0 Å². The van der Waals surface area contributed by atoms with E-state index in [9.17, 15) is 14.6 Å². The van der Waals surface area contributed by atoms with E-state index in [1.165, 1.54) is 4.90 Å². The van der Waals surface area contributed by atoms with Crippen LogP contribution in [-0.2, 0) is 22.9 Å². The van der Waals surface area contributed by atoms with Crippen molar-refractivity contribution in [1.82, 2.24) is 19.4 Å². The van der Waals surface area contributed by atoms with Gasteiger partial charge in [-0.3, -0.25) is 23.3 Å². The highest BCUT2D eigenvalue weighted by molar-refractivity contribution is 7.48. The molecule has 3 heterocycles. The molecule has 4 aromatic rings. The molecule has 1 amide bonds.